The van der Waals surface area contributed by atoms with Crippen molar-refractivity contribution in [2.75, 3.05) is 6.54 Å². The number of ether oxygens (including phenoxy) is 1. The number of fused-ring (bicyclic) bond motifs is 1. The largest absolute Gasteiger partial charge is 0.457 e. The summed E-state index contributed by atoms with van der Waals surface area (Å²) in [6.45, 7) is 10.7. The fraction of sp³-hybridized carbons (Fsp3) is 0.471. The first kappa shape index (κ1) is 32.3. The predicted octanol–water partition coefficient (Wildman–Crippen LogP) is 8.13. The lowest BCUT2D eigenvalue weighted by molar-refractivity contribution is -0.128. The van der Waals surface area contributed by atoms with Gasteiger partial charge < -0.3 is 14.4 Å². The number of nitrogens with zero attached hydrogens (tertiary/aromatic N) is 3. The number of carbonyl (C=O) groups is 2. The summed E-state index contributed by atoms with van der Waals surface area (Å²) < 4.78 is 6.33. The molecule has 1 amide bonds. The zero-order chi connectivity index (χ0) is 31.1. The van der Waals surface area contributed by atoms with Crippen LogP contribution in [-0.4, -0.2) is 43.2 Å². The SMILES string of the molecule is CCC(CC(C)=O)c1ncc2cc(CN3C[C@@H](C)CC3=O)c(Oc3ccc(C(=N)SC(C)=N)cc3)cc2n1.CCC1CC1. The molecule has 1 aliphatic carbocycles. The Bertz CT molecular complexity index is 1490. The molecule has 0 radical (unpaired) electrons. The average Bonchev–Trinajstić information content (AvgIpc) is 3.75. The third-order valence-corrected chi connectivity index (χ3v) is 8.56. The summed E-state index contributed by atoms with van der Waals surface area (Å²) >= 11 is 1.10. The molecular formula is C34H43N5O3S. The normalized spacial score (nSPS) is 16.9. The van der Waals surface area contributed by atoms with E-state index in [1.54, 1.807) is 44.3 Å². The summed E-state index contributed by atoms with van der Waals surface area (Å²) in [7, 11) is 0. The maximum absolute atomic E-state index is 12.5. The maximum Gasteiger partial charge on any atom is 0.223 e. The number of nitrogens with one attached hydrogen (secondary N) is 2. The van der Waals surface area contributed by atoms with Gasteiger partial charge in [-0.1, -0.05) is 51.8 Å². The van der Waals surface area contributed by atoms with Crippen molar-refractivity contribution in [2.24, 2.45) is 11.8 Å². The van der Waals surface area contributed by atoms with E-state index < -0.39 is 0 Å². The first-order valence-electron chi connectivity index (χ1n) is 15.2. The van der Waals surface area contributed by atoms with E-state index in [0.29, 0.717) is 70.3 Å². The molecule has 2 N–H and O–H groups in total. The van der Waals surface area contributed by atoms with E-state index in [4.69, 9.17) is 20.5 Å². The molecule has 8 nitrogen and oxygen atoms in total. The lowest BCUT2D eigenvalue weighted by atomic mass is 9.99. The van der Waals surface area contributed by atoms with Crippen LogP contribution in [0, 0.1) is 22.7 Å². The van der Waals surface area contributed by atoms with Crippen molar-refractivity contribution >= 4 is 44.4 Å². The summed E-state index contributed by atoms with van der Waals surface area (Å²) in [5, 5.41) is 17.3. The molecule has 1 unspecified atom stereocenters. The standard InChI is InChI=1S/C29H33N5O3S.C5H10/c1-5-20(11-18(3)35)29-32-14-22-12-23(16-34-15-17(2)10-27(34)36)26(13-25(22)33-29)37-24-8-6-21(7-9-24)28(31)38-19(4)30;1-2-5-3-4-5/h6-9,12-14,17,20,30-31H,5,10-11,15-16H2,1-4H3;5H,2-4H2,1H3/t17-,20?;/m0./s1. The minimum atomic E-state index is -0.0463. The highest BCUT2D eigenvalue weighted by Gasteiger charge is 2.27. The number of benzene rings is 2. The first-order valence-corrected chi connectivity index (χ1v) is 16.0. The summed E-state index contributed by atoms with van der Waals surface area (Å²) in [6, 6.07) is 11.1. The molecule has 1 aromatic heterocycles. The van der Waals surface area contributed by atoms with Crippen molar-refractivity contribution in [1.29, 1.82) is 10.8 Å². The number of Topliss-reactive ketones (excluding diaryl/α,β-unsaturated/α-hetero) is 1. The Labute approximate surface area is 259 Å². The van der Waals surface area contributed by atoms with Crippen LogP contribution in [0.2, 0.25) is 0 Å². The van der Waals surface area contributed by atoms with Gasteiger partial charge in [0.15, 0.2) is 0 Å². The average molecular weight is 602 g/mol. The Morgan fingerprint density at radius 2 is 1.86 bits per heavy atom. The van der Waals surface area contributed by atoms with E-state index in [1.165, 1.54) is 19.3 Å². The van der Waals surface area contributed by atoms with Crippen molar-refractivity contribution in [3.8, 4) is 11.5 Å². The van der Waals surface area contributed by atoms with Gasteiger partial charge in [0.2, 0.25) is 5.91 Å². The van der Waals surface area contributed by atoms with Crippen molar-refractivity contribution in [3.63, 3.8) is 0 Å². The van der Waals surface area contributed by atoms with Crippen LogP contribution in [0.15, 0.2) is 42.6 Å². The minimum Gasteiger partial charge on any atom is -0.457 e. The number of thioether (sulfide) groups is 1. The molecule has 2 aromatic carbocycles. The molecule has 2 atom stereocenters. The summed E-state index contributed by atoms with van der Waals surface area (Å²) in [5.74, 6) is 3.47. The second kappa shape index (κ2) is 14.7. The summed E-state index contributed by atoms with van der Waals surface area (Å²) in [5.41, 5.74) is 2.28. The third-order valence-electron chi connectivity index (χ3n) is 7.82. The van der Waals surface area contributed by atoms with Crippen LogP contribution in [0.4, 0.5) is 0 Å². The number of rotatable bonds is 10. The molecule has 2 fully saturated rings. The number of aromatic nitrogens is 2. The molecule has 0 bridgehead atoms. The lowest BCUT2D eigenvalue weighted by Crippen LogP contribution is -2.24. The molecule has 1 aliphatic heterocycles. The van der Waals surface area contributed by atoms with Crippen molar-refractivity contribution in [3.05, 3.63) is 59.5 Å². The van der Waals surface area contributed by atoms with Crippen LogP contribution in [-0.2, 0) is 16.1 Å². The van der Waals surface area contributed by atoms with Gasteiger partial charge in [0.25, 0.3) is 0 Å². The molecule has 2 aliphatic rings. The Morgan fingerprint density at radius 1 is 1.14 bits per heavy atom. The van der Waals surface area contributed by atoms with Gasteiger partial charge in [0.05, 0.1) is 10.6 Å². The second-order valence-electron chi connectivity index (χ2n) is 11.8. The Balaban J connectivity index is 0.000000767. The molecule has 0 spiro atoms. The molecule has 5 rings (SSSR count). The maximum atomic E-state index is 12.5. The van der Waals surface area contributed by atoms with Gasteiger partial charge in [-0.3, -0.25) is 15.6 Å². The number of amides is 1. The highest BCUT2D eigenvalue weighted by atomic mass is 32.2. The van der Waals surface area contributed by atoms with Gasteiger partial charge in [0, 0.05) is 60.6 Å². The van der Waals surface area contributed by atoms with Crippen LogP contribution < -0.4 is 4.74 Å². The van der Waals surface area contributed by atoms with Crippen LogP contribution in [0.5, 0.6) is 11.5 Å². The summed E-state index contributed by atoms with van der Waals surface area (Å²) in [6.07, 6.45) is 7.93. The molecular weight excluding hydrogens is 558 g/mol. The van der Waals surface area contributed by atoms with Gasteiger partial charge in [0.1, 0.15) is 28.2 Å². The fourth-order valence-electron chi connectivity index (χ4n) is 5.17. The molecule has 43 heavy (non-hydrogen) atoms. The molecule has 2 heterocycles. The van der Waals surface area contributed by atoms with E-state index >= 15 is 0 Å². The van der Waals surface area contributed by atoms with Gasteiger partial charge >= 0.3 is 0 Å². The molecule has 1 saturated heterocycles. The number of ketones is 1. The molecule has 228 valence electrons. The summed E-state index contributed by atoms with van der Waals surface area (Å²) in [4.78, 5) is 35.5. The van der Waals surface area contributed by atoms with Gasteiger partial charge in [-0.2, -0.15) is 0 Å². The molecule has 1 saturated carbocycles. The van der Waals surface area contributed by atoms with E-state index in [9.17, 15) is 9.59 Å². The quantitative estimate of drug-likeness (QED) is 0.179. The third kappa shape index (κ3) is 9.20. The minimum absolute atomic E-state index is 0.0463. The van der Waals surface area contributed by atoms with Gasteiger partial charge in [-0.05, 0) is 62.4 Å². The predicted molar refractivity (Wildman–Crippen MR) is 174 cm³/mol. The van der Waals surface area contributed by atoms with Crippen LogP contribution >= 0.6 is 11.8 Å². The zero-order valence-corrected chi connectivity index (χ0v) is 26.7. The first-order chi connectivity index (χ1) is 20.6. The van der Waals surface area contributed by atoms with Crippen molar-refractivity contribution < 1.29 is 14.3 Å². The monoisotopic (exact) mass is 601 g/mol. The fourth-order valence-corrected chi connectivity index (χ4v) is 5.73. The zero-order valence-electron chi connectivity index (χ0n) is 25.9. The van der Waals surface area contributed by atoms with Gasteiger partial charge in [-0.15, -0.1) is 0 Å². The highest BCUT2D eigenvalue weighted by Crippen LogP contribution is 2.33. The molecule has 9 heteroatoms. The molecule has 3 aromatic rings. The van der Waals surface area contributed by atoms with E-state index in [1.807, 2.05) is 24.0 Å². The van der Waals surface area contributed by atoms with Crippen LogP contribution in [0.25, 0.3) is 10.9 Å². The number of carbonyl (C=O) groups excluding carboxylic acids is 2. The lowest BCUT2D eigenvalue weighted by Gasteiger charge is -2.20. The van der Waals surface area contributed by atoms with Crippen LogP contribution in [0.3, 0.4) is 0 Å². The topological polar surface area (TPSA) is 120 Å². The van der Waals surface area contributed by atoms with E-state index in [-0.39, 0.29) is 17.6 Å². The van der Waals surface area contributed by atoms with E-state index in [2.05, 4.69) is 18.8 Å². The van der Waals surface area contributed by atoms with E-state index in [0.717, 1.165) is 35.1 Å². The second-order valence-corrected chi connectivity index (χ2v) is 13.0. The Morgan fingerprint density at radius 3 is 2.40 bits per heavy atom. The smallest absolute Gasteiger partial charge is 0.223 e. The van der Waals surface area contributed by atoms with Crippen LogP contribution in [0.1, 0.15) is 96.0 Å². The van der Waals surface area contributed by atoms with Crippen molar-refractivity contribution in [2.45, 2.75) is 85.6 Å². The van der Waals surface area contributed by atoms with Crippen molar-refractivity contribution in [1.82, 2.24) is 14.9 Å². The highest BCUT2D eigenvalue weighted by molar-refractivity contribution is 8.26. The Hall–Kier alpha value is -3.59. The number of hydrogen-bond acceptors (Lipinski definition) is 8. The number of hydrogen-bond donors (Lipinski definition) is 2. The van der Waals surface area contributed by atoms with Gasteiger partial charge in [-0.25, -0.2) is 9.97 Å². The Kier molecular flexibility index (Phi) is 11.1. The number of likely N-dealkylation sites (tertiary alicyclic amines) is 1.